The van der Waals surface area contributed by atoms with Gasteiger partial charge in [0, 0.05) is 22.5 Å². The molecule has 1 aromatic heterocycles. The lowest BCUT2D eigenvalue weighted by atomic mass is 9.84. The molecule has 1 fully saturated rings. The maximum atomic E-state index is 14.0. The first-order chi connectivity index (χ1) is 24.1. The maximum Gasteiger partial charge on any atom is 0.573 e. The van der Waals surface area contributed by atoms with Crippen molar-refractivity contribution in [3.8, 4) is 5.75 Å². The third kappa shape index (κ3) is 10.2. The molecule has 1 heterocycles. The van der Waals surface area contributed by atoms with Gasteiger partial charge in [0.15, 0.2) is 8.32 Å². The SMILES string of the molecule is CC(C)(C)[Si](C)(C)OCc1cc(NC(=O)N(Cc2ccc(C(=O)Nc3nn[nH]n3)cc2)c2ccc(C3CCCCC3)cc2)ccc1OC(F)(F)F. The van der Waals surface area contributed by atoms with Gasteiger partial charge in [-0.15, -0.1) is 18.3 Å². The molecule has 4 aromatic rings. The third-order valence-corrected chi connectivity index (χ3v) is 14.1. The van der Waals surface area contributed by atoms with Crippen LogP contribution in [0.1, 0.15) is 85.8 Å². The summed E-state index contributed by atoms with van der Waals surface area (Å²) in [5.74, 6) is -0.304. The number of tetrazole rings is 1. The summed E-state index contributed by atoms with van der Waals surface area (Å²) in [6, 6.07) is 18.2. The molecule has 0 aliphatic heterocycles. The molecular formula is C36H44F3N7O4Si. The first kappa shape index (κ1) is 37.5. The number of carbonyl (C=O) groups is 2. The fourth-order valence-corrected chi connectivity index (χ4v) is 6.58. The number of urea groups is 1. The monoisotopic (exact) mass is 723 g/mol. The summed E-state index contributed by atoms with van der Waals surface area (Å²) >= 11 is 0. The van der Waals surface area contributed by atoms with E-state index < -0.39 is 32.4 Å². The molecule has 15 heteroatoms. The number of anilines is 3. The van der Waals surface area contributed by atoms with E-state index in [0.717, 1.165) is 18.4 Å². The van der Waals surface area contributed by atoms with E-state index >= 15 is 0 Å². The largest absolute Gasteiger partial charge is 0.573 e. The van der Waals surface area contributed by atoms with Gasteiger partial charge in [-0.05, 0) is 95.7 Å². The lowest BCUT2D eigenvalue weighted by Crippen LogP contribution is -2.40. The topological polar surface area (TPSA) is 134 Å². The second kappa shape index (κ2) is 15.6. The lowest BCUT2D eigenvalue weighted by molar-refractivity contribution is -0.275. The Morgan fingerprint density at radius 2 is 1.63 bits per heavy atom. The van der Waals surface area contributed by atoms with Crippen LogP contribution >= 0.6 is 0 Å². The minimum Gasteiger partial charge on any atom is -0.412 e. The fraction of sp³-hybridized carbons (Fsp3) is 0.417. The molecular weight excluding hydrogens is 680 g/mol. The van der Waals surface area contributed by atoms with Crippen molar-refractivity contribution in [2.45, 2.75) is 96.4 Å². The Labute approximate surface area is 296 Å². The second-order valence-corrected chi connectivity index (χ2v) is 19.1. The Morgan fingerprint density at radius 1 is 0.941 bits per heavy atom. The van der Waals surface area contributed by atoms with Crippen molar-refractivity contribution in [3.63, 3.8) is 0 Å². The number of halogens is 3. The number of alkyl halides is 3. The molecule has 1 aliphatic rings. The van der Waals surface area contributed by atoms with Crippen LogP contribution in [0.15, 0.2) is 66.7 Å². The number of aromatic nitrogens is 4. The second-order valence-electron chi connectivity index (χ2n) is 14.2. The highest BCUT2D eigenvalue weighted by Gasteiger charge is 2.38. The van der Waals surface area contributed by atoms with Crippen molar-refractivity contribution < 1.29 is 31.9 Å². The zero-order valence-corrected chi connectivity index (χ0v) is 30.4. The van der Waals surface area contributed by atoms with Crippen molar-refractivity contribution in [2.75, 3.05) is 15.5 Å². The highest BCUT2D eigenvalue weighted by Crippen LogP contribution is 2.39. The van der Waals surface area contributed by atoms with Crippen LogP contribution in [0.3, 0.4) is 0 Å². The van der Waals surface area contributed by atoms with Gasteiger partial charge in [0.2, 0.25) is 0 Å². The zero-order chi connectivity index (χ0) is 36.8. The van der Waals surface area contributed by atoms with Crippen LogP contribution in [-0.4, -0.2) is 47.2 Å². The standard InChI is InChI=1S/C36H44F3N7O4Si/c1-35(2,3)51(4,5)49-23-28-21-29(17-20-31(28)50-36(37,38)39)40-34(48)46(30-18-15-26(16-19-30)25-9-7-6-8-10-25)22-24-11-13-27(14-12-24)32(47)41-33-42-44-45-43-33/h11-21,25H,6-10,22-23H2,1-5H3,(H,40,48)(H2,41,42,43,44,45,47). The van der Waals surface area contributed by atoms with Crippen LogP contribution in [-0.2, 0) is 17.6 Å². The Hall–Kier alpha value is -4.76. The Bertz CT molecular complexity index is 1770. The van der Waals surface area contributed by atoms with Gasteiger partial charge in [-0.2, -0.15) is 5.21 Å². The fourth-order valence-electron chi connectivity index (χ4n) is 5.64. The minimum absolute atomic E-state index is 0.0382. The number of carbonyl (C=O) groups excluding carboxylic acids is 2. The molecule has 0 bridgehead atoms. The van der Waals surface area contributed by atoms with E-state index in [4.69, 9.17) is 4.43 Å². The molecule has 1 saturated carbocycles. The normalized spacial score (nSPS) is 14.2. The van der Waals surface area contributed by atoms with E-state index in [-0.39, 0.29) is 35.4 Å². The molecule has 3 amide bonds. The summed E-state index contributed by atoms with van der Waals surface area (Å²) in [5.41, 5.74) is 3.38. The van der Waals surface area contributed by atoms with Gasteiger partial charge in [-0.3, -0.25) is 15.0 Å². The number of amides is 3. The van der Waals surface area contributed by atoms with Gasteiger partial charge in [-0.1, -0.05) is 69.4 Å². The average molecular weight is 724 g/mol. The number of nitrogens with zero attached hydrogens (tertiary/aromatic N) is 4. The van der Waals surface area contributed by atoms with Crippen molar-refractivity contribution >= 4 is 37.6 Å². The van der Waals surface area contributed by atoms with Gasteiger partial charge >= 0.3 is 12.4 Å². The number of benzene rings is 3. The highest BCUT2D eigenvalue weighted by atomic mass is 28.4. The Morgan fingerprint density at radius 3 is 2.24 bits per heavy atom. The van der Waals surface area contributed by atoms with E-state index in [1.807, 2.05) is 46.0 Å². The molecule has 0 saturated heterocycles. The summed E-state index contributed by atoms with van der Waals surface area (Å²) in [6.07, 6.45) is 0.991. The van der Waals surface area contributed by atoms with Crippen LogP contribution in [0.4, 0.5) is 35.3 Å². The first-order valence-electron chi connectivity index (χ1n) is 16.9. The molecule has 0 unspecified atom stereocenters. The average Bonchev–Trinajstić information content (AvgIpc) is 3.60. The van der Waals surface area contributed by atoms with Crippen LogP contribution < -0.4 is 20.3 Å². The van der Waals surface area contributed by atoms with Crippen LogP contribution in [0.25, 0.3) is 0 Å². The number of hydrogen-bond donors (Lipinski definition) is 3. The quantitative estimate of drug-likeness (QED) is 0.131. The number of hydrogen-bond acceptors (Lipinski definition) is 7. The van der Waals surface area contributed by atoms with Crippen LogP contribution in [0.5, 0.6) is 5.75 Å². The van der Waals surface area contributed by atoms with Crippen molar-refractivity contribution in [3.05, 3.63) is 89.0 Å². The number of H-pyrrole nitrogens is 1. The zero-order valence-electron chi connectivity index (χ0n) is 29.4. The molecule has 3 N–H and O–H groups in total. The smallest absolute Gasteiger partial charge is 0.412 e. The van der Waals surface area contributed by atoms with Gasteiger partial charge in [0.25, 0.3) is 11.9 Å². The number of rotatable bonds is 11. The molecule has 11 nitrogen and oxygen atoms in total. The van der Waals surface area contributed by atoms with E-state index in [2.05, 4.69) is 48.1 Å². The van der Waals surface area contributed by atoms with E-state index in [1.165, 1.54) is 43.0 Å². The number of aromatic amines is 1. The van der Waals surface area contributed by atoms with E-state index in [1.54, 1.807) is 29.2 Å². The molecule has 51 heavy (non-hydrogen) atoms. The van der Waals surface area contributed by atoms with E-state index in [0.29, 0.717) is 17.2 Å². The minimum atomic E-state index is -4.90. The molecule has 3 aromatic carbocycles. The molecule has 1 aliphatic carbocycles. The molecule has 5 rings (SSSR count). The van der Waals surface area contributed by atoms with Gasteiger partial charge in [0.05, 0.1) is 13.2 Å². The van der Waals surface area contributed by atoms with Gasteiger partial charge < -0.3 is 14.5 Å². The Kier molecular flexibility index (Phi) is 11.5. The van der Waals surface area contributed by atoms with Crippen LogP contribution in [0, 0.1) is 0 Å². The highest BCUT2D eigenvalue weighted by molar-refractivity contribution is 6.74. The van der Waals surface area contributed by atoms with Crippen LogP contribution in [0.2, 0.25) is 18.1 Å². The van der Waals surface area contributed by atoms with E-state index in [9.17, 15) is 22.8 Å². The molecule has 0 spiro atoms. The summed E-state index contributed by atoms with van der Waals surface area (Å²) in [7, 11) is -2.34. The Balaban J connectivity index is 1.40. The third-order valence-electron chi connectivity index (χ3n) is 9.59. The summed E-state index contributed by atoms with van der Waals surface area (Å²) in [6.45, 7) is 10.1. The first-order valence-corrected chi connectivity index (χ1v) is 19.8. The summed E-state index contributed by atoms with van der Waals surface area (Å²) in [5, 5.41) is 18.4. The predicted molar refractivity (Wildman–Crippen MR) is 191 cm³/mol. The van der Waals surface area contributed by atoms with Crippen molar-refractivity contribution in [1.29, 1.82) is 0 Å². The number of nitrogens with one attached hydrogen (secondary N) is 3. The lowest BCUT2D eigenvalue weighted by Gasteiger charge is -2.36. The number of ether oxygens (including phenoxy) is 1. The molecule has 0 atom stereocenters. The van der Waals surface area contributed by atoms with Gasteiger partial charge in [-0.25, -0.2) is 4.79 Å². The van der Waals surface area contributed by atoms with Gasteiger partial charge in [0.1, 0.15) is 5.75 Å². The molecule has 272 valence electrons. The van der Waals surface area contributed by atoms with Crippen molar-refractivity contribution in [1.82, 2.24) is 20.6 Å². The molecule has 0 radical (unpaired) electrons. The summed E-state index contributed by atoms with van der Waals surface area (Å²) < 4.78 is 50.6. The predicted octanol–water partition coefficient (Wildman–Crippen LogP) is 9.16. The van der Waals surface area contributed by atoms with Crippen molar-refractivity contribution in [2.24, 2.45) is 0 Å². The maximum absolute atomic E-state index is 14.0. The summed E-state index contributed by atoms with van der Waals surface area (Å²) in [4.78, 5) is 28.2.